The summed E-state index contributed by atoms with van der Waals surface area (Å²) in [6.45, 7) is 2.16. The Balaban J connectivity index is 3.36. The Morgan fingerprint density at radius 2 is 2.07 bits per heavy atom. The summed E-state index contributed by atoms with van der Waals surface area (Å²) in [5.74, 6) is -0.968. The highest BCUT2D eigenvalue weighted by molar-refractivity contribution is 5.80. The Hall–Kier alpha value is -1.10. The van der Waals surface area contributed by atoms with Gasteiger partial charge in [0.25, 0.3) is 0 Å². The predicted molar refractivity (Wildman–Crippen MR) is 51.0 cm³/mol. The number of methoxy groups -OCH3 is 1. The minimum atomic E-state index is -0.804. The standard InChI is InChI=1S/C9H17NO4/c1-7(14-2)9(13)10-6-4-3-5-8(11)12/h7H,3-6H2,1-2H3,(H,10,13)(H,11,12). The van der Waals surface area contributed by atoms with Gasteiger partial charge in [-0.1, -0.05) is 0 Å². The van der Waals surface area contributed by atoms with Gasteiger partial charge in [-0.2, -0.15) is 0 Å². The van der Waals surface area contributed by atoms with Crippen LogP contribution < -0.4 is 5.32 Å². The van der Waals surface area contributed by atoms with Crippen molar-refractivity contribution in [3.63, 3.8) is 0 Å². The van der Waals surface area contributed by atoms with Gasteiger partial charge in [0.1, 0.15) is 6.10 Å². The minimum absolute atomic E-state index is 0.149. The number of carbonyl (C=O) groups excluding carboxylic acids is 1. The first-order chi connectivity index (χ1) is 6.57. The van der Waals surface area contributed by atoms with Crippen molar-refractivity contribution in [3.8, 4) is 0 Å². The molecule has 1 amide bonds. The molecule has 82 valence electrons. The van der Waals surface area contributed by atoms with Crippen LogP contribution in [0, 0.1) is 0 Å². The minimum Gasteiger partial charge on any atom is -0.481 e. The van der Waals surface area contributed by atoms with Crippen LogP contribution in [0.25, 0.3) is 0 Å². The summed E-state index contributed by atoms with van der Waals surface area (Å²) < 4.78 is 4.80. The van der Waals surface area contributed by atoms with E-state index in [1.165, 1.54) is 7.11 Å². The summed E-state index contributed by atoms with van der Waals surface area (Å²) in [4.78, 5) is 21.3. The molecule has 2 N–H and O–H groups in total. The van der Waals surface area contributed by atoms with Gasteiger partial charge in [0, 0.05) is 20.1 Å². The summed E-state index contributed by atoms with van der Waals surface area (Å²) >= 11 is 0. The highest BCUT2D eigenvalue weighted by Crippen LogP contribution is 1.94. The molecule has 0 bridgehead atoms. The van der Waals surface area contributed by atoms with E-state index >= 15 is 0 Å². The molecule has 5 nitrogen and oxygen atoms in total. The van der Waals surface area contributed by atoms with Crippen LogP contribution in [-0.2, 0) is 14.3 Å². The molecular weight excluding hydrogens is 186 g/mol. The van der Waals surface area contributed by atoms with Crippen molar-refractivity contribution in [2.75, 3.05) is 13.7 Å². The zero-order valence-electron chi connectivity index (χ0n) is 8.58. The van der Waals surface area contributed by atoms with Gasteiger partial charge in [-0.3, -0.25) is 9.59 Å². The van der Waals surface area contributed by atoms with E-state index in [1.54, 1.807) is 6.92 Å². The van der Waals surface area contributed by atoms with Crippen LogP contribution in [0.2, 0.25) is 0 Å². The lowest BCUT2D eigenvalue weighted by atomic mass is 10.2. The number of hydrogen-bond acceptors (Lipinski definition) is 3. The zero-order chi connectivity index (χ0) is 11.0. The summed E-state index contributed by atoms with van der Waals surface area (Å²) in [6.07, 6.45) is 0.954. The largest absolute Gasteiger partial charge is 0.481 e. The van der Waals surface area contributed by atoms with Gasteiger partial charge in [0.05, 0.1) is 0 Å². The molecule has 5 heteroatoms. The van der Waals surface area contributed by atoms with Gasteiger partial charge in [-0.15, -0.1) is 0 Å². The third kappa shape index (κ3) is 6.42. The molecule has 0 heterocycles. The normalized spacial score (nSPS) is 12.1. The number of amides is 1. The maximum atomic E-state index is 11.1. The quantitative estimate of drug-likeness (QED) is 0.587. The number of carboxylic acids is 1. The summed E-state index contributed by atoms with van der Waals surface area (Å²) in [5, 5.41) is 11.0. The molecule has 0 aliphatic rings. The molecule has 0 aromatic carbocycles. The van der Waals surface area contributed by atoms with Crippen LogP contribution in [-0.4, -0.2) is 36.7 Å². The first-order valence-corrected chi connectivity index (χ1v) is 4.60. The van der Waals surface area contributed by atoms with Crippen molar-refractivity contribution in [3.05, 3.63) is 0 Å². The molecule has 0 aliphatic heterocycles. The molecule has 0 aromatic heterocycles. The maximum absolute atomic E-state index is 11.1. The van der Waals surface area contributed by atoms with Crippen LogP contribution in [0.4, 0.5) is 0 Å². The topological polar surface area (TPSA) is 75.6 Å². The number of aliphatic carboxylic acids is 1. The molecule has 0 spiro atoms. The third-order valence-corrected chi connectivity index (χ3v) is 1.84. The van der Waals surface area contributed by atoms with Gasteiger partial charge in [-0.05, 0) is 19.8 Å². The van der Waals surface area contributed by atoms with Crippen LogP contribution in [0.1, 0.15) is 26.2 Å². The van der Waals surface area contributed by atoms with E-state index in [4.69, 9.17) is 9.84 Å². The van der Waals surface area contributed by atoms with E-state index in [9.17, 15) is 9.59 Å². The second-order valence-corrected chi connectivity index (χ2v) is 3.02. The van der Waals surface area contributed by atoms with Crippen molar-refractivity contribution in [2.45, 2.75) is 32.3 Å². The SMILES string of the molecule is COC(C)C(=O)NCCCCC(=O)O. The highest BCUT2D eigenvalue weighted by atomic mass is 16.5. The van der Waals surface area contributed by atoms with E-state index in [0.29, 0.717) is 19.4 Å². The second kappa shape index (κ2) is 7.32. The first-order valence-electron chi connectivity index (χ1n) is 4.60. The Morgan fingerprint density at radius 1 is 1.43 bits per heavy atom. The number of rotatable bonds is 7. The lowest BCUT2D eigenvalue weighted by Gasteiger charge is -2.09. The van der Waals surface area contributed by atoms with E-state index < -0.39 is 12.1 Å². The first kappa shape index (κ1) is 12.9. The average molecular weight is 203 g/mol. The second-order valence-electron chi connectivity index (χ2n) is 3.02. The monoisotopic (exact) mass is 203 g/mol. The molecule has 1 unspecified atom stereocenters. The van der Waals surface area contributed by atoms with Gasteiger partial charge < -0.3 is 15.2 Å². The molecule has 0 aromatic rings. The number of unbranched alkanes of at least 4 members (excludes halogenated alkanes) is 1. The fourth-order valence-electron chi connectivity index (χ4n) is 0.864. The molecule has 14 heavy (non-hydrogen) atoms. The Kier molecular flexibility index (Phi) is 6.74. The van der Waals surface area contributed by atoms with Gasteiger partial charge >= 0.3 is 5.97 Å². The molecule has 0 saturated carbocycles. The molecule has 0 rings (SSSR count). The molecular formula is C9H17NO4. The van der Waals surface area contributed by atoms with E-state index in [2.05, 4.69) is 5.32 Å². The van der Waals surface area contributed by atoms with Crippen molar-refractivity contribution in [1.29, 1.82) is 0 Å². The lowest BCUT2D eigenvalue weighted by Crippen LogP contribution is -2.34. The Bertz CT molecular complexity index is 193. The van der Waals surface area contributed by atoms with E-state index in [1.807, 2.05) is 0 Å². The molecule has 0 aliphatic carbocycles. The maximum Gasteiger partial charge on any atom is 0.303 e. The summed E-state index contributed by atoms with van der Waals surface area (Å²) in [6, 6.07) is 0. The highest BCUT2D eigenvalue weighted by Gasteiger charge is 2.09. The van der Waals surface area contributed by atoms with Crippen molar-refractivity contribution < 1.29 is 19.4 Å². The number of carboxylic acid groups (broad SMARTS) is 1. The predicted octanol–water partition coefficient (Wildman–Crippen LogP) is 0.392. The van der Waals surface area contributed by atoms with Crippen LogP contribution in [0.5, 0.6) is 0 Å². The average Bonchev–Trinajstić information content (AvgIpc) is 2.15. The third-order valence-electron chi connectivity index (χ3n) is 1.84. The van der Waals surface area contributed by atoms with E-state index in [0.717, 1.165) is 0 Å². The Morgan fingerprint density at radius 3 is 2.57 bits per heavy atom. The van der Waals surface area contributed by atoms with Crippen LogP contribution >= 0.6 is 0 Å². The van der Waals surface area contributed by atoms with Crippen molar-refractivity contribution >= 4 is 11.9 Å². The van der Waals surface area contributed by atoms with Crippen molar-refractivity contribution in [2.24, 2.45) is 0 Å². The number of nitrogens with one attached hydrogen (secondary N) is 1. The van der Waals surface area contributed by atoms with Gasteiger partial charge in [0.2, 0.25) is 5.91 Å². The molecule has 1 atom stereocenters. The lowest BCUT2D eigenvalue weighted by molar-refractivity contribution is -0.137. The smallest absolute Gasteiger partial charge is 0.303 e. The van der Waals surface area contributed by atoms with Crippen molar-refractivity contribution in [1.82, 2.24) is 5.32 Å². The number of hydrogen-bond donors (Lipinski definition) is 2. The van der Waals surface area contributed by atoms with Crippen LogP contribution in [0.15, 0.2) is 0 Å². The molecule has 0 fully saturated rings. The molecule has 0 radical (unpaired) electrons. The van der Waals surface area contributed by atoms with Gasteiger partial charge in [-0.25, -0.2) is 0 Å². The van der Waals surface area contributed by atoms with Crippen LogP contribution in [0.3, 0.4) is 0 Å². The number of carbonyl (C=O) groups is 2. The summed E-state index contributed by atoms with van der Waals surface area (Å²) in [5.41, 5.74) is 0. The Labute approximate surface area is 83.4 Å². The van der Waals surface area contributed by atoms with Gasteiger partial charge in [0.15, 0.2) is 0 Å². The van der Waals surface area contributed by atoms with E-state index in [-0.39, 0.29) is 12.3 Å². The number of ether oxygens (including phenoxy) is 1. The molecule has 0 saturated heterocycles. The summed E-state index contributed by atoms with van der Waals surface area (Å²) in [7, 11) is 1.47. The fraction of sp³-hybridized carbons (Fsp3) is 0.778. The fourth-order valence-corrected chi connectivity index (χ4v) is 0.864. The zero-order valence-corrected chi connectivity index (χ0v) is 8.58.